The lowest BCUT2D eigenvalue weighted by atomic mass is 10.2. The van der Waals surface area contributed by atoms with Crippen LogP contribution in [0, 0.1) is 0 Å². The number of nitrogens with zero attached hydrogens (tertiary/aromatic N) is 1. The third kappa shape index (κ3) is 1.80. The maximum atomic E-state index is 9.09. The molecule has 0 aliphatic rings. The molecule has 0 bridgehead atoms. The van der Waals surface area contributed by atoms with Crippen LogP contribution in [0.1, 0.15) is 44.4 Å². The predicted molar refractivity (Wildman–Crippen MR) is 41.2 cm³/mol. The fourth-order valence-electron chi connectivity index (χ4n) is 0.761. The normalized spacial score (nSPS) is 13.9. The van der Waals surface area contributed by atoms with Crippen molar-refractivity contribution in [2.45, 2.75) is 32.8 Å². The molecule has 11 heavy (non-hydrogen) atoms. The minimum absolute atomic E-state index is 0.280. The Balaban J connectivity index is 2.82. The summed E-state index contributed by atoms with van der Waals surface area (Å²) in [6, 6.07) is 0. The van der Waals surface area contributed by atoms with Gasteiger partial charge in [-0.15, -0.1) is 0 Å². The summed E-state index contributed by atoms with van der Waals surface area (Å²) in [5, 5.41) is 9.09. The van der Waals surface area contributed by atoms with Crippen molar-refractivity contribution in [2.24, 2.45) is 0 Å². The maximum absolute atomic E-state index is 9.09. The van der Waals surface area contributed by atoms with Gasteiger partial charge in [0.15, 0.2) is 11.7 Å². The lowest BCUT2D eigenvalue weighted by Gasteiger charge is -1.98. The van der Waals surface area contributed by atoms with E-state index in [2.05, 4.69) is 4.98 Å². The minimum atomic E-state index is -0.560. The highest BCUT2D eigenvalue weighted by Gasteiger charge is 2.10. The molecule has 0 aromatic carbocycles. The second-order valence-electron chi connectivity index (χ2n) is 2.93. The van der Waals surface area contributed by atoms with Crippen LogP contribution in [0.2, 0.25) is 0 Å². The van der Waals surface area contributed by atoms with E-state index in [0.29, 0.717) is 11.7 Å². The van der Waals surface area contributed by atoms with Gasteiger partial charge >= 0.3 is 0 Å². The fraction of sp³-hybridized carbons (Fsp3) is 0.625. The third-order valence-electron chi connectivity index (χ3n) is 1.45. The summed E-state index contributed by atoms with van der Waals surface area (Å²) in [5.41, 5.74) is 0. The first-order valence-electron chi connectivity index (χ1n) is 3.75. The Hall–Kier alpha value is -0.830. The number of hydrogen-bond acceptors (Lipinski definition) is 3. The first kappa shape index (κ1) is 8.27. The van der Waals surface area contributed by atoms with E-state index < -0.39 is 6.10 Å². The molecular formula is C8H13NO2. The van der Waals surface area contributed by atoms with Gasteiger partial charge in [0.1, 0.15) is 6.10 Å². The monoisotopic (exact) mass is 155 g/mol. The van der Waals surface area contributed by atoms with Crippen molar-refractivity contribution >= 4 is 0 Å². The van der Waals surface area contributed by atoms with Gasteiger partial charge in [0.05, 0.1) is 6.20 Å². The molecule has 1 rings (SSSR count). The van der Waals surface area contributed by atoms with Crippen molar-refractivity contribution in [3.05, 3.63) is 17.8 Å². The van der Waals surface area contributed by atoms with Crippen LogP contribution in [0.3, 0.4) is 0 Å². The molecule has 1 heterocycles. The van der Waals surface area contributed by atoms with Gasteiger partial charge in [0, 0.05) is 5.92 Å². The van der Waals surface area contributed by atoms with E-state index >= 15 is 0 Å². The van der Waals surface area contributed by atoms with Crippen molar-refractivity contribution < 1.29 is 9.52 Å². The number of aromatic nitrogens is 1. The first-order valence-corrected chi connectivity index (χ1v) is 3.75. The zero-order chi connectivity index (χ0) is 8.43. The van der Waals surface area contributed by atoms with E-state index in [-0.39, 0.29) is 5.92 Å². The number of oxazole rings is 1. The van der Waals surface area contributed by atoms with Gasteiger partial charge < -0.3 is 9.52 Å². The Labute approximate surface area is 66.1 Å². The Morgan fingerprint density at radius 2 is 2.09 bits per heavy atom. The van der Waals surface area contributed by atoms with E-state index in [1.165, 1.54) is 0 Å². The zero-order valence-corrected chi connectivity index (χ0v) is 7.03. The van der Waals surface area contributed by atoms with Gasteiger partial charge in [-0.2, -0.15) is 0 Å². The molecule has 1 aromatic heterocycles. The second-order valence-corrected chi connectivity index (χ2v) is 2.93. The number of rotatable bonds is 2. The summed E-state index contributed by atoms with van der Waals surface area (Å²) >= 11 is 0. The summed E-state index contributed by atoms with van der Waals surface area (Å²) in [5.74, 6) is 1.50. The molecule has 3 heteroatoms. The summed E-state index contributed by atoms with van der Waals surface area (Å²) in [4.78, 5) is 4.01. The molecule has 0 fully saturated rings. The lowest BCUT2D eigenvalue weighted by Crippen LogP contribution is -1.87. The van der Waals surface area contributed by atoms with E-state index in [1.54, 1.807) is 13.1 Å². The van der Waals surface area contributed by atoms with Gasteiger partial charge in [-0.25, -0.2) is 4.98 Å². The maximum Gasteiger partial charge on any atom is 0.197 e. The van der Waals surface area contributed by atoms with E-state index in [1.807, 2.05) is 13.8 Å². The highest BCUT2D eigenvalue weighted by molar-refractivity contribution is 4.98. The molecule has 0 saturated carbocycles. The molecule has 1 unspecified atom stereocenters. The van der Waals surface area contributed by atoms with Crippen molar-refractivity contribution in [1.82, 2.24) is 4.98 Å². The Bertz CT molecular complexity index is 205. The van der Waals surface area contributed by atoms with Crippen LogP contribution in [0.15, 0.2) is 10.6 Å². The third-order valence-corrected chi connectivity index (χ3v) is 1.45. The van der Waals surface area contributed by atoms with Gasteiger partial charge in [-0.1, -0.05) is 13.8 Å². The summed E-state index contributed by atoms with van der Waals surface area (Å²) in [6.07, 6.45) is 1.01. The smallest absolute Gasteiger partial charge is 0.197 e. The summed E-state index contributed by atoms with van der Waals surface area (Å²) in [6.45, 7) is 5.65. The Morgan fingerprint density at radius 3 is 2.36 bits per heavy atom. The standard InChI is InChI=1S/C8H13NO2/c1-5(2)8-9-4-7(11-8)6(3)10/h4-6,10H,1-3H3. The molecule has 0 amide bonds. The van der Waals surface area contributed by atoms with Crippen LogP contribution in [-0.2, 0) is 0 Å². The van der Waals surface area contributed by atoms with Crippen LogP contribution in [0.5, 0.6) is 0 Å². The minimum Gasteiger partial charge on any atom is -0.443 e. The van der Waals surface area contributed by atoms with Gasteiger partial charge in [-0.3, -0.25) is 0 Å². The molecule has 0 spiro atoms. The number of hydrogen-bond donors (Lipinski definition) is 1. The average molecular weight is 155 g/mol. The largest absolute Gasteiger partial charge is 0.443 e. The summed E-state index contributed by atoms with van der Waals surface area (Å²) < 4.78 is 5.25. The molecule has 62 valence electrons. The molecule has 0 saturated heterocycles. The molecule has 3 nitrogen and oxygen atoms in total. The molecule has 0 radical (unpaired) electrons. The molecule has 1 aromatic rings. The van der Waals surface area contributed by atoms with Crippen LogP contribution < -0.4 is 0 Å². The highest BCUT2D eigenvalue weighted by Crippen LogP contribution is 2.18. The van der Waals surface area contributed by atoms with Crippen LogP contribution >= 0.6 is 0 Å². The molecule has 0 aliphatic carbocycles. The van der Waals surface area contributed by atoms with Crippen LogP contribution in [0.4, 0.5) is 0 Å². The van der Waals surface area contributed by atoms with E-state index in [0.717, 1.165) is 0 Å². The van der Waals surface area contributed by atoms with Crippen LogP contribution in [0.25, 0.3) is 0 Å². The fourth-order valence-corrected chi connectivity index (χ4v) is 0.761. The van der Waals surface area contributed by atoms with Crippen LogP contribution in [-0.4, -0.2) is 10.1 Å². The van der Waals surface area contributed by atoms with Crippen molar-refractivity contribution in [3.8, 4) is 0 Å². The number of aliphatic hydroxyl groups is 1. The van der Waals surface area contributed by atoms with Gasteiger partial charge in [0.25, 0.3) is 0 Å². The Morgan fingerprint density at radius 1 is 1.45 bits per heavy atom. The van der Waals surface area contributed by atoms with E-state index in [4.69, 9.17) is 9.52 Å². The molecular weight excluding hydrogens is 142 g/mol. The van der Waals surface area contributed by atoms with E-state index in [9.17, 15) is 0 Å². The van der Waals surface area contributed by atoms with Crippen molar-refractivity contribution in [1.29, 1.82) is 0 Å². The van der Waals surface area contributed by atoms with Gasteiger partial charge in [-0.05, 0) is 6.92 Å². The zero-order valence-electron chi connectivity index (χ0n) is 7.03. The number of aliphatic hydroxyl groups excluding tert-OH is 1. The SMILES string of the molecule is CC(C)c1ncc(C(C)O)o1. The van der Waals surface area contributed by atoms with Gasteiger partial charge in [0.2, 0.25) is 0 Å². The highest BCUT2D eigenvalue weighted by atomic mass is 16.4. The average Bonchev–Trinajstić information content (AvgIpc) is 2.33. The topological polar surface area (TPSA) is 46.3 Å². The summed E-state index contributed by atoms with van der Waals surface area (Å²) in [7, 11) is 0. The molecule has 1 N–H and O–H groups in total. The predicted octanol–water partition coefficient (Wildman–Crippen LogP) is 1.85. The second kappa shape index (κ2) is 3.05. The van der Waals surface area contributed by atoms with Crippen molar-refractivity contribution in [2.75, 3.05) is 0 Å². The Kier molecular flexibility index (Phi) is 2.29. The molecule has 1 atom stereocenters. The van der Waals surface area contributed by atoms with Crippen molar-refractivity contribution in [3.63, 3.8) is 0 Å². The first-order chi connectivity index (χ1) is 5.11. The molecule has 0 aliphatic heterocycles. The quantitative estimate of drug-likeness (QED) is 0.709. The lowest BCUT2D eigenvalue weighted by molar-refractivity contribution is 0.166.